The summed E-state index contributed by atoms with van der Waals surface area (Å²) in [6, 6.07) is 0.117. The van der Waals surface area contributed by atoms with Crippen LogP contribution in [0.3, 0.4) is 0 Å². The van der Waals surface area contributed by atoms with E-state index in [2.05, 4.69) is 24.3 Å². The van der Waals surface area contributed by atoms with Crippen LogP contribution in [0.2, 0.25) is 0 Å². The highest BCUT2D eigenvalue weighted by Crippen LogP contribution is 2.38. The number of amides is 1. The van der Waals surface area contributed by atoms with Crippen LogP contribution in [0.4, 0.5) is 0 Å². The van der Waals surface area contributed by atoms with Crippen LogP contribution in [0, 0.1) is 11.3 Å². The van der Waals surface area contributed by atoms with Gasteiger partial charge in [0.25, 0.3) is 0 Å². The number of nitrogens with one attached hydrogen (secondary N) is 1. The first-order valence-corrected chi connectivity index (χ1v) is 7.25. The molecule has 0 radical (unpaired) electrons. The van der Waals surface area contributed by atoms with Crippen molar-refractivity contribution in [1.82, 2.24) is 5.32 Å². The second-order valence-corrected chi connectivity index (χ2v) is 5.90. The molecule has 5 nitrogen and oxygen atoms in total. The second kappa shape index (κ2) is 6.78. The van der Waals surface area contributed by atoms with Crippen molar-refractivity contribution in [3.8, 4) is 0 Å². The summed E-state index contributed by atoms with van der Waals surface area (Å²) in [5.74, 6) is 0.549. The van der Waals surface area contributed by atoms with Crippen molar-refractivity contribution in [2.24, 2.45) is 22.2 Å². The van der Waals surface area contributed by atoms with Gasteiger partial charge in [0.05, 0.1) is 0 Å². The molecule has 0 bridgehead atoms. The number of carbonyl (C=O) groups excluding carboxylic acids is 1. The lowest BCUT2D eigenvalue weighted by Gasteiger charge is -2.28. The van der Waals surface area contributed by atoms with Gasteiger partial charge in [-0.2, -0.15) is 0 Å². The fraction of sp³-hybridized carbons (Fsp3) is 0.857. The summed E-state index contributed by atoms with van der Waals surface area (Å²) >= 11 is 0. The molecule has 110 valence electrons. The smallest absolute Gasteiger partial charge is 0.234 e. The SMILES string of the molecule is CCC(C)CC(C)NC(=O)C1(C(N)=NO)CCCC1. The first kappa shape index (κ1) is 15.8. The summed E-state index contributed by atoms with van der Waals surface area (Å²) in [6.07, 6.45) is 5.29. The molecule has 5 heteroatoms. The maximum Gasteiger partial charge on any atom is 0.234 e. The van der Waals surface area contributed by atoms with Gasteiger partial charge in [-0.25, -0.2) is 0 Å². The summed E-state index contributed by atoms with van der Waals surface area (Å²) in [5.41, 5.74) is 4.96. The van der Waals surface area contributed by atoms with Crippen LogP contribution in [0.1, 0.15) is 59.3 Å². The molecule has 1 saturated carbocycles. The average molecular weight is 269 g/mol. The van der Waals surface area contributed by atoms with E-state index in [0.29, 0.717) is 18.8 Å². The van der Waals surface area contributed by atoms with E-state index >= 15 is 0 Å². The van der Waals surface area contributed by atoms with Crippen molar-refractivity contribution in [2.75, 3.05) is 0 Å². The van der Waals surface area contributed by atoms with E-state index in [0.717, 1.165) is 25.7 Å². The van der Waals surface area contributed by atoms with Gasteiger partial charge in [-0.05, 0) is 32.1 Å². The molecule has 0 aromatic carbocycles. The Labute approximate surface area is 115 Å². The molecule has 1 aliphatic rings. The number of amidine groups is 1. The summed E-state index contributed by atoms with van der Waals surface area (Å²) in [6.45, 7) is 6.34. The third kappa shape index (κ3) is 3.61. The number of nitrogens with zero attached hydrogens (tertiary/aromatic N) is 1. The Morgan fingerprint density at radius 2 is 2.00 bits per heavy atom. The van der Waals surface area contributed by atoms with Gasteiger partial charge in [-0.3, -0.25) is 4.79 Å². The molecule has 0 spiro atoms. The average Bonchev–Trinajstić information content (AvgIpc) is 2.87. The maximum absolute atomic E-state index is 12.5. The molecule has 0 aromatic rings. The molecule has 1 fully saturated rings. The Kier molecular flexibility index (Phi) is 5.63. The van der Waals surface area contributed by atoms with Gasteiger partial charge >= 0.3 is 0 Å². The third-order valence-corrected chi connectivity index (χ3v) is 4.32. The van der Waals surface area contributed by atoms with E-state index in [1.165, 1.54) is 0 Å². The van der Waals surface area contributed by atoms with Crippen LogP contribution >= 0.6 is 0 Å². The van der Waals surface area contributed by atoms with Crippen molar-refractivity contribution in [1.29, 1.82) is 0 Å². The summed E-state index contributed by atoms with van der Waals surface area (Å²) in [5, 5.41) is 15.0. The van der Waals surface area contributed by atoms with Crippen LogP contribution in [-0.4, -0.2) is 23.0 Å². The van der Waals surface area contributed by atoms with Crippen LogP contribution in [0.25, 0.3) is 0 Å². The summed E-state index contributed by atoms with van der Waals surface area (Å²) in [4.78, 5) is 12.5. The zero-order valence-electron chi connectivity index (χ0n) is 12.3. The lowest BCUT2D eigenvalue weighted by atomic mass is 9.83. The first-order valence-electron chi connectivity index (χ1n) is 7.25. The Morgan fingerprint density at radius 3 is 2.47 bits per heavy atom. The number of rotatable bonds is 6. The highest BCUT2D eigenvalue weighted by Gasteiger charge is 2.45. The van der Waals surface area contributed by atoms with Gasteiger partial charge in [-0.15, -0.1) is 0 Å². The Hall–Kier alpha value is -1.26. The molecule has 4 N–H and O–H groups in total. The molecule has 0 aliphatic heterocycles. The predicted molar refractivity (Wildman–Crippen MR) is 76.0 cm³/mol. The van der Waals surface area contributed by atoms with Crippen molar-refractivity contribution in [3.05, 3.63) is 0 Å². The zero-order chi connectivity index (χ0) is 14.5. The molecule has 1 rings (SSSR count). The van der Waals surface area contributed by atoms with Crippen LogP contribution in [0.5, 0.6) is 0 Å². The maximum atomic E-state index is 12.5. The quantitative estimate of drug-likeness (QED) is 0.299. The zero-order valence-corrected chi connectivity index (χ0v) is 12.3. The fourth-order valence-electron chi connectivity index (χ4n) is 2.86. The van der Waals surface area contributed by atoms with Gasteiger partial charge in [0.1, 0.15) is 5.41 Å². The Balaban J connectivity index is 2.69. The molecule has 2 unspecified atom stereocenters. The van der Waals surface area contributed by atoms with Gasteiger partial charge in [0.15, 0.2) is 5.84 Å². The number of hydrogen-bond acceptors (Lipinski definition) is 3. The number of carbonyl (C=O) groups is 1. The molecule has 0 heterocycles. The number of nitrogens with two attached hydrogens (primary N) is 1. The highest BCUT2D eigenvalue weighted by atomic mass is 16.4. The summed E-state index contributed by atoms with van der Waals surface area (Å²) in [7, 11) is 0. The third-order valence-electron chi connectivity index (χ3n) is 4.32. The minimum absolute atomic E-state index is 0.0539. The largest absolute Gasteiger partial charge is 0.409 e. The Morgan fingerprint density at radius 1 is 1.42 bits per heavy atom. The van der Waals surface area contributed by atoms with Crippen molar-refractivity contribution in [3.63, 3.8) is 0 Å². The van der Waals surface area contributed by atoms with E-state index in [9.17, 15) is 4.79 Å². The topological polar surface area (TPSA) is 87.7 Å². The first-order chi connectivity index (χ1) is 8.96. The molecule has 1 aliphatic carbocycles. The highest BCUT2D eigenvalue weighted by molar-refractivity contribution is 6.07. The lowest BCUT2D eigenvalue weighted by Crippen LogP contribution is -2.50. The molecular formula is C14H27N3O2. The standard InChI is InChI=1S/C14H27N3O2/c1-4-10(2)9-11(3)16-13(18)14(12(15)17-19)7-5-6-8-14/h10-11,19H,4-9H2,1-3H3,(H2,15,17)(H,16,18). The fourth-order valence-corrected chi connectivity index (χ4v) is 2.86. The van der Waals surface area contributed by atoms with Crippen molar-refractivity contribution >= 4 is 11.7 Å². The molecule has 0 saturated heterocycles. The van der Waals surface area contributed by atoms with E-state index in [1.807, 2.05) is 6.92 Å². The van der Waals surface area contributed by atoms with E-state index in [-0.39, 0.29) is 17.8 Å². The van der Waals surface area contributed by atoms with Gasteiger partial charge in [0, 0.05) is 6.04 Å². The van der Waals surface area contributed by atoms with Crippen LogP contribution in [-0.2, 0) is 4.79 Å². The van der Waals surface area contributed by atoms with Crippen molar-refractivity contribution < 1.29 is 10.0 Å². The van der Waals surface area contributed by atoms with E-state index in [1.54, 1.807) is 0 Å². The molecule has 2 atom stereocenters. The Bertz CT molecular complexity index is 336. The van der Waals surface area contributed by atoms with E-state index in [4.69, 9.17) is 10.9 Å². The van der Waals surface area contributed by atoms with Gasteiger partial charge in [-0.1, -0.05) is 38.3 Å². The van der Waals surface area contributed by atoms with E-state index < -0.39 is 5.41 Å². The molecular weight excluding hydrogens is 242 g/mol. The minimum Gasteiger partial charge on any atom is -0.409 e. The minimum atomic E-state index is -0.793. The second-order valence-electron chi connectivity index (χ2n) is 5.90. The molecule has 0 aromatic heterocycles. The van der Waals surface area contributed by atoms with Gasteiger partial charge < -0.3 is 16.3 Å². The van der Waals surface area contributed by atoms with Crippen LogP contribution in [0.15, 0.2) is 5.16 Å². The normalized spacial score (nSPS) is 21.9. The summed E-state index contributed by atoms with van der Waals surface area (Å²) < 4.78 is 0. The number of hydrogen-bond donors (Lipinski definition) is 3. The number of oxime groups is 1. The monoisotopic (exact) mass is 269 g/mol. The lowest BCUT2D eigenvalue weighted by molar-refractivity contribution is -0.128. The van der Waals surface area contributed by atoms with Crippen LogP contribution < -0.4 is 11.1 Å². The predicted octanol–water partition coefficient (Wildman–Crippen LogP) is 2.23. The molecule has 19 heavy (non-hydrogen) atoms. The van der Waals surface area contributed by atoms with Gasteiger partial charge in [0.2, 0.25) is 5.91 Å². The van der Waals surface area contributed by atoms with Crippen molar-refractivity contribution in [2.45, 2.75) is 65.3 Å². The molecule has 1 amide bonds.